The lowest BCUT2D eigenvalue weighted by molar-refractivity contribution is -0.137. The van der Waals surface area contributed by atoms with E-state index < -0.39 is 18.1 Å². The molecule has 0 atom stereocenters. The van der Waals surface area contributed by atoms with Gasteiger partial charge in [-0.15, -0.1) is 0 Å². The number of hydrogen-bond acceptors (Lipinski definition) is 3. The molecule has 0 saturated heterocycles. The first-order valence-electron chi connectivity index (χ1n) is 3.42. The van der Waals surface area contributed by atoms with Gasteiger partial charge >= 0.3 is 17.2 Å². The summed E-state index contributed by atoms with van der Waals surface area (Å²) in [5, 5.41) is 19.2. The second-order valence-electron chi connectivity index (χ2n) is 2.47. The van der Waals surface area contributed by atoms with E-state index in [0.29, 0.717) is 5.69 Å². The Morgan fingerprint density at radius 3 is 2.77 bits per heavy atom. The molecule has 0 saturated carbocycles. The molecule has 1 aromatic rings. The average Bonchev–Trinajstić information content (AvgIpc) is 2.26. The standard InChI is InChI=1S/C6H6N4O3/c1-3-5(8-7)6(13)10(9-3)2-4(11)12/h2H2,1H3,(H-,9,11,12,13)/p+1. The first kappa shape index (κ1) is 8.99. The molecule has 1 aromatic heterocycles. The Bertz CT molecular complexity index is 436. The molecular weight excluding hydrogens is 176 g/mol. The van der Waals surface area contributed by atoms with Gasteiger partial charge in [0.2, 0.25) is 5.39 Å². The molecule has 68 valence electrons. The predicted octanol–water partition coefficient (Wildman–Crippen LogP) is 0.0540. The molecule has 7 heteroatoms. The fraction of sp³-hybridized carbons (Fsp3) is 0.333. The van der Waals surface area contributed by atoms with Crippen molar-refractivity contribution in [3.63, 3.8) is 0 Å². The third-order valence-corrected chi connectivity index (χ3v) is 1.50. The van der Waals surface area contributed by atoms with Crippen LogP contribution in [0.5, 0.6) is 0 Å². The molecule has 1 heterocycles. The van der Waals surface area contributed by atoms with Gasteiger partial charge < -0.3 is 5.11 Å². The zero-order chi connectivity index (χ0) is 10.0. The van der Waals surface area contributed by atoms with Gasteiger partial charge in [0.1, 0.15) is 12.2 Å². The maximum atomic E-state index is 11.2. The molecule has 0 aliphatic rings. The molecular formula is C6H7N4O3+. The van der Waals surface area contributed by atoms with E-state index in [4.69, 9.17) is 10.5 Å². The Balaban J connectivity index is 3.21. The normalized spacial score (nSPS) is 9.54. The molecule has 0 aromatic carbocycles. The van der Waals surface area contributed by atoms with Gasteiger partial charge in [0.15, 0.2) is 4.98 Å². The Hall–Kier alpha value is -2.10. The van der Waals surface area contributed by atoms with E-state index in [2.05, 4.69) is 10.1 Å². The number of aromatic amines is 1. The van der Waals surface area contributed by atoms with Crippen molar-refractivity contribution < 1.29 is 9.90 Å². The molecule has 0 fully saturated rings. The summed E-state index contributed by atoms with van der Waals surface area (Å²) >= 11 is 0. The summed E-state index contributed by atoms with van der Waals surface area (Å²) in [6, 6.07) is 0. The summed E-state index contributed by atoms with van der Waals surface area (Å²) in [7, 11) is 0. The minimum atomic E-state index is -1.15. The van der Waals surface area contributed by atoms with Crippen LogP contribution < -0.4 is 5.56 Å². The Morgan fingerprint density at radius 2 is 2.38 bits per heavy atom. The molecule has 0 radical (unpaired) electrons. The smallest absolute Gasteiger partial charge is 0.470 e. The van der Waals surface area contributed by atoms with Gasteiger partial charge in [0, 0.05) is 0 Å². The highest BCUT2D eigenvalue weighted by Crippen LogP contribution is 2.08. The van der Waals surface area contributed by atoms with Gasteiger partial charge in [-0.05, 0) is 6.92 Å². The summed E-state index contributed by atoms with van der Waals surface area (Å²) in [5.74, 6) is -1.15. The fourth-order valence-corrected chi connectivity index (χ4v) is 0.959. The number of aromatic nitrogens is 2. The SMILES string of the molecule is Cc1[nH]n(CC(=O)O)c(=O)c1[N+]#N. The van der Waals surface area contributed by atoms with Crippen LogP contribution in [0.2, 0.25) is 0 Å². The molecule has 0 aliphatic carbocycles. The number of diazo groups is 1. The number of H-pyrrole nitrogens is 1. The van der Waals surface area contributed by atoms with E-state index in [9.17, 15) is 9.59 Å². The second kappa shape index (κ2) is 3.10. The van der Waals surface area contributed by atoms with Gasteiger partial charge in [0.25, 0.3) is 0 Å². The number of carboxylic acids is 1. The zero-order valence-corrected chi connectivity index (χ0v) is 6.81. The molecule has 0 spiro atoms. The van der Waals surface area contributed by atoms with E-state index in [1.54, 1.807) is 0 Å². The van der Waals surface area contributed by atoms with Crippen molar-refractivity contribution >= 4 is 11.7 Å². The lowest BCUT2D eigenvalue weighted by atomic mass is 10.4. The largest absolute Gasteiger partial charge is 0.480 e. The minimum absolute atomic E-state index is 0.166. The first-order chi connectivity index (χ1) is 6.06. The summed E-state index contributed by atoms with van der Waals surface area (Å²) < 4.78 is 0.854. The number of hydrogen-bond donors (Lipinski definition) is 2. The number of aryl methyl sites for hydroxylation is 1. The second-order valence-corrected chi connectivity index (χ2v) is 2.47. The quantitative estimate of drug-likeness (QED) is 0.632. The highest BCUT2D eigenvalue weighted by molar-refractivity contribution is 5.66. The number of aliphatic carboxylic acids is 1. The first-order valence-corrected chi connectivity index (χ1v) is 3.42. The third-order valence-electron chi connectivity index (χ3n) is 1.50. The van der Waals surface area contributed by atoms with Crippen molar-refractivity contribution in [2.24, 2.45) is 0 Å². The van der Waals surface area contributed by atoms with Gasteiger partial charge in [-0.2, -0.15) is 0 Å². The van der Waals surface area contributed by atoms with Gasteiger partial charge in [-0.25, -0.2) is 4.68 Å². The van der Waals surface area contributed by atoms with Crippen LogP contribution in [0.3, 0.4) is 0 Å². The third kappa shape index (κ3) is 1.56. The lowest BCUT2D eigenvalue weighted by Crippen LogP contribution is -2.21. The summed E-state index contributed by atoms with van der Waals surface area (Å²) in [4.78, 5) is 24.2. The molecule has 0 amide bonds. The van der Waals surface area contributed by atoms with E-state index >= 15 is 0 Å². The van der Waals surface area contributed by atoms with Crippen molar-refractivity contribution in [1.29, 1.82) is 5.39 Å². The van der Waals surface area contributed by atoms with Crippen molar-refractivity contribution in [1.82, 2.24) is 9.78 Å². The number of rotatable bonds is 2. The van der Waals surface area contributed by atoms with Crippen LogP contribution in [0, 0.1) is 12.3 Å². The monoisotopic (exact) mass is 183 g/mol. The van der Waals surface area contributed by atoms with Crippen molar-refractivity contribution in [3.8, 4) is 0 Å². The van der Waals surface area contributed by atoms with Crippen LogP contribution >= 0.6 is 0 Å². The van der Waals surface area contributed by atoms with E-state index in [0.717, 1.165) is 4.68 Å². The Kier molecular flexibility index (Phi) is 2.15. The average molecular weight is 183 g/mol. The van der Waals surface area contributed by atoms with Crippen LogP contribution in [-0.4, -0.2) is 20.9 Å². The molecule has 7 nitrogen and oxygen atoms in total. The van der Waals surface area contributed by atoms with Crippen molar-refractivity contribution in [2.45, 2.75) is 13.5 Å². The number of nitrogens with one attached hydrogen (secondary N) is 1. The zero-order valence-electron chi connectivity index (χ0n) is 6.81. The van der Waals surface area contributed by atoms with Gasteiger partial charge in [-0.1, -0.05) is 0 Å². The van der Waals surface area contributed by atoms with Crippen LogP contribution in [0.15, 0.2) is 4.79 Å². The summed E-state index contributed by atoms with van der Waals surface area (Å²) in [6.07, 6.45) is 0. The van der Waals surface area contributed by atoms with Crippen LogP contribution in [0.1, 0.15) is 5.69 Å². The van der Waals surface area contributed by atoms with Gasteiger partial charge in [-0.3, -0.25) is 14.7 Å². The molecule has 1 rings (SSSR count). The number of carbonyl (C=O) groups is 1. The minimum Gasteiger partial charge on any atom is -0.480 e. The number of nitrogens with zero attached hydrogens (tertiary/aromatic N) is 3. The summed E-state index contributed by atoms with van der Waals surface area (Å²) in [5.41, 5.74) is -0.489. The van der Waals surface area contributed by atoms with Crippen molar-refractivity contribution in [3.05, 3.63) is 21.0 Å². The maximum absolute atomic E-state index is 11.2. The number of carboxylic acid groups (broad SMARTS) is 1. The summed E-state index contributed by atoms with van der Waals surface area (Å²) in [6.45, 7) is 1.03. The molecule has 0 bridgehead atoms. The van der Waals surface area contributed by atoms with Crippen LogP contribution in [0.25, 0.3) is 4.98 Å². The lowest BCUT2D eigenvalue weighted by Gasteiger charge is -1.92. The van der Waals surface area contributed by atoms with E-state index in [1.165, 1.54) is 6.92 Å². The molecule has 2 N–H and O–H groups in total. The highest BCUT2D eigenvalue weighted by atomic mass is 16.4. The van der Waals surface area contributed by atoms with E-state index in [1.807, 2.05) is 0 Å². The van der Waals surface area contributed by atoms with Crippen LogP contribution in [0.4, 0.5) is 5.69 Å². The van der Waals surface area contributed by atoms with Crippen molar-refractivity contribution in [2.75, 3.05) is 0 Å². The topological polar surface area (TPSA) is 103 Å². The maximum Gasteiger partial charge on any atom is 0.470 e. The predicted molar refractivity (Wildman–Crippen MR) is 42.2 cm³/mol. The highest BCUT2D eigenvalue weighted by Gasteiger charge is 2.22. The van der Waals surface area contributed by atoms with Crippen LogP contribution in [-0.2, 0) is 11.3 Å². The Morgan fingerprint density at radius 1 is 1.77 bits per heavy atom. The van der Waals surface area contributed by atoms with Gasteiger partial charge in [0.05, 0.1) is 0 Å². The molecule has 0 aliphatic heterocycles. The van der Waals surface area contributed by atoms with E-state index in [-0.39, 0.29) is 5.69 Å². The Labute approximate surface area is 72.2 Å². The fourth-order valence-electron chi connectivity index (χ4n) is 0.959. The molecule has 0 unspecified atom stereocenters. The molecule has 13 heavy (non-hydrogen) atoms.